The number of Topliss-reactive ketones (excluding diaryl/α,β-unsaturated/α-hetero) is 6. The fourth-order valence-electron chi connectivity index (χ4n) is 8.26. The standard InChI is InChI=1S/C16H27NO3.C15H27NO2S.C10H18N2O3.C10H19NO2S/c1-3-12-4-6-13(7-5-12)15(19)10-14(11(2)18)8-9-16(17)20;1-4-12(9-10-19-3)15(18)16-14-7-5-13(6-8-14)11(2)17;1-7(13)8(3-4-10(11)15)5-9(14)6-12-2;1-4-9(5-6-14-3)10(13)11-7-8(2)12/h12-14H,3-10H2,1-2H3,(H2,17,20);12-14H,4-10H2,1-3H3,(H,16,18);8,12H,3-6H2,1-2H3,(H2,11,15);9H,4-7H2,1-3H3,(H,11,13). The van der Waals surface area contributed by atoms with Crippen LogP contribution in [0.3, 0.4) is 0 Å². The molecule has 68 heavy (non-hydrogen) atoms. The van der Waals surface area contributed by atoms with Gasteiger partial charge in [-0.25, -0.2) is 0 Å². The van der Waals surface area contributed by atoms with Crippen LogP contribution in [0, 0.1) is 41.4 Å². The van der Waals surface area contributed by atoms with Crippen molar-refractivity contribution < 1.29 is 47.9 Å². The van der Waals surface area contributed by atoms with Crippen molar-refractivity contribution in [1.82, 2.24) is 16.0 Å². The van der Waals surface area contributed by atoms with Crippen molar-refractivity contribution in [2.75, 3.05) is 44.2 Å². The molecule has 0 aromatic rings. The van der Waals surface area contributed by atoms with E-state index >= 15 is 0 Å². The first-order valence-electron chi connectivity index (χ1n) is 24.9. The number of primary amides is 2. The largest absolute Gasteiger partial charge is 0.370 e. The second-order valence-electron chi connectivity index (χ2n) is 18.6. The monoisotopic (exact) mass is 998 g/mol. The first-order chi connectivity index (χ1) is 32.1. The Kier molecular flexibility index (Phi) is 39.5. The number of amides is 4. The molecule has 0 radical (unpaired) electrons. The Morgan fingerprint density at radius 3 is 1.41 bits per heavy atom. The first kappa shape index (κ1) is 66.6. The molecule has 2 fully saturated rings. The fourth-order valence-corrected chi connectivity index (χ4v) is 9.30. The van der Waals surface area contributed by atoms with Gasteiger partial charge in [-0.05, 0) is 155 Å². The van der Waals surface area contributed by atoms with Gasteiger partial charge in [0, 0.05) is 67.2 Å². The average Bonchev–Trinajstić information content (AvgIpc) is 3.29. The number of thioether (sulfide) groups is 2. The normalized spacial score (nSPS) is 19.2. The van der Waals surface area contributed by atoms with Crippen LogP contribution in [-0.2, 0) is 47.9 Å². The molecule has 2 saturated carbocycles. The molecular formula is C51H91N5O10S2. The van der Waals surface area contributed by atoms with E-state index in [1.54, 1.807) is 37.5 Å². The smallest absolute Gasteiger partial charge is 0.223 e. The van der Waals surface area contributed by atoms with Gasteiger partial charge in [-0.1, -0.05) is 27.2 Å². The molecule has 4 atom stereocenters. The van der Waals surface area contributed by atoms with E-state index in [2.05, 4.69) is 36.1 Å². The summed E-state index contributed by atoms with van der Waals surface area (Å²) in [6.45, 7) is 12.8. The average molecular weight is 998 g/mol. The Balaban J connectivity index is 0. The molecule has 4 unspecified atom stereocenters. The van der Waals surface area contributed by atoms with E-state index in [-0.39, 0.29) is 121 Å². The third kappa shape index (κ3) is 33.2. The van der Waals surface area contributed by atoms with Gasteiger partial charge in [0.25, 0.3) is 0 Å². The Labute approximate surface area is 417 Å². The van der Waals surface area contributed by atoms with Crippen LogP contribution in [0.1, 0.15) is 170 Å². The van der Waals surface area contributed by atoms with Gasteiger partial charge in [0.1, 0.15) is 34.7 Å². The lowest BCUT2D eigenvalue weighted by Crippen LogP contribution is -2.41. The Morgan fingerprint density at radius 2 is 1.03 bits per heavy atom. The van der Waals surface area contributed by atoms with Crippen LogP contribution in [0.4, 0.5) is 0 Å². The van der Waals surface area contributed by atoms with Crippen LogP contribution in [0.5, 0.6) is 0 Å². The summed E-state index contributed by atoms with van der Waals surface area (Å²) in [5.41, 5.74) is 10.1. The summed E-state index contributed by atoms with van der Waals surface area (Å²) in [5, 5.41) is 8.55. The molecular weight excluding hydrogens is 907 g/mol. The molecule has 2 rings (SSSR count). The Hall–Kier alpha value is -3.44. The maximum Gasteiger partial charge on any atom is 0.223 e. The van der Waals surface area contributed by atoms with E-state index < -0.39 is 11.8 Å². The molecule has 0 aliphatic heterocycles. The molecule has 4 amide bonds. The van der Waals surface area contributed by atoms with Gasteiger partial charge in [-0.3, -0.25) is 47.9 Å². The van der Waals surface area contributed by atoms with Crippen LogP contribution < -0.4 is 27.4 Å². The number of ketones is 6. The van der Waals surface area contributed by atoms with Gasteiger partial charge in [-0.15, -0.1) is 0 Å². The Morgan fingerprint density at radius 1 is 0.574 bits per heavy atom. The summed E-state index contributed by atoms with van der Waals surface area (Å²) in [7, 11) is 1.67. The SMILES string of the molecule is CCC(CCSC)C(=O)NC1CCC(C(C)=O)CC1.CCC(CCSC)C(=O)NCC(C)=O.CCC1CCC(C(=O)CC(CCC(N)=O)C(C)=O)CC1.CNCC(=O)CC(CCC(N)=O)C(C)=O. The van der Waals surface area contributed by atoms with Gasteiger partial charge >= 0.3 is 0 Å². The van der Waals surface area contributed by atoms with E-state index in [4.69, 9.17) is 11.5 Å². The minimum absolute atomic E-state index is 0.00179. The van der Waals surface area contributed by atoms with Gasteiger partial charge < -0.3 is 27.4 Å². The fraction of sp³-hybridized carbons (Fsp3) is 0.804. The molecule has 0 spiro atoms. The number of hydrogen-bond donors (Lipinski definition) is 5. The van der Waals surface area contributed by atoms with Crippen LogP contribution >= 0.6 is 23.5 Å². The molecule has 0 heterocycles. The van der Waals surface area contributed by atoms with Gasteiger partial charge in [-0.2, -0.15) is 23.5 Å². The van der Waals surface area contributed by atoms with Crippen molar-refractivity contribution in [2.24, 2.45) is 52.9 Å². The molecule has 0 bridgehead atoms. The number of carbonyl (C=O) groups excluding carboxylic acids is 10. The van der Waals surface area contributed by atoms with Gasteiger partial charge in [0.15, 0.2) is 0 Å². The summed E-state index contributed by atoms with van der Waals surface area (Å²) < 4.78 is 0. The maximum atomic E-state index is 12.3. The predicted molar refractivity (Wildman–Crippen MR) is 276 cm³/mol. The lowest BCUT2D eigenvalue weighted by Gasteiger charge is -2.29. The molecule has 17 heteroatoms. The number of likely N-dealkylation sites (N-methyl/N-ethyl adjacent to an activating group) is 1. The number of nitrogens with two attached hydrogens (primary N) is 2. The predicted octanol–water partition coefficient (Wildman–Crippen LogP) is 6.77. The van der Waals surface area contributed by atoms with Gasteiger partial charge in [0.05, 0.1) is 13.1 Å². The van der Waals surface area contributed by atoms with E-state index in [9.17, 15) is 47.9 Å². The summed E-state index contributed by atoms with van der Waals surface area (Å²) in [5.74, 6) is 2.40. The van der Waals surface area contributed by atoms with Crippen LogP contribution in [0.25, 0.3) is 0 Å². The number of rotatable bonds is 30. The second kappa shape index (κ2) is 40.3. The maximum absolute atomic E-state index is 12.3. The summed E-state index contributed by atoms with van der Waals surface area (Å²) in [4.78, 5) is 113. The van der Waals surface area contributed by atoms with Crippen molar-refractivity contribution >= 4 is 81.9 Å². The Bertz CT molecular complexity index is 1550. The van der Waals surface area contributed by atoms with Crippen LogP contribution in [0.15, 0.2) is 0 Å². The third-order valence-electron chi connectivity index (χ3n) is 13.0. The lowest BCUT2D eigenvalue weighted by molar-refractivity contribution is -0.130. The first-order valence-corrected chi connectivity index (χ1v) is 27.7. The third-order valence-corrected chi connectivity index (χ3v) is 14.3. The second-order valence-corrected chi connectivity index (χ2v) is 20.5. The van der Waals surface area contributed by atoms with Crippen LogP contribution in [0.2, 0.25) is 0 Å². The van der Waals surface area contributed by atoms with Crippen molar-refractivity contribution in [3.05, 3.63) is 0 Å². The number of carbonyl (C=O) groups is 10. The number of hydrogen-bond acceptors (Lipinski definition) is 13. The topological polar surface area (TPSA) is 259 Å². The summed E-state index contributed by atoms with van der Waals surface area (Å²) in [6.07, 6.45) is 18.4. The van der Waals surface area contributed by atoms with E-state index in [0.29, 0.717) is 18.6 Å². The molecule has 0 aromatic heterocycles. The highest BCUT2D eigenvalue weighted by Gasteiger charge is 2.29. The zero-order valence-corrected chi connectivity index (χ0v) is 45.1. The zero-order chi connectivity index (χ0) is 52.2. The number of nitrogens with one attached hydrogen (secondary N) is 3. The molecule has 2 aliphatic carbocycles. The van der Waals surface area contributed by atoms with Crippen molar-refractivity contribution in [3.63, 3.8) is 0 Å². The highest BCUT2D eigenvalue weighted by atomic mass is 32.2. The van der Waals surface area contributed by atoms with Crippen molar-refractivity contribution in [2.45, 2.75) is 177 Å². The molecule has 0 aromatic carbocycles. The minimum Gasteiger partial charge on any atom is -0.370 e. The quantitative estimate of drug-likeness (QED) is 0.0499. The lowest BCUT2D eigenvalue weighted by atomic mass is 9.77. The molecule has 392 valence electrons. The van der Waals surface area contributed by atoms with Crippen molar-refractivity contribution in [1.29, 1.82) is 0 Å². The molecule has 0 saturated heterocycles. The molecule has 2 aliphatic rings. The zero-order valence-electron chi connectivity index (χ0n) is 43.4. The van der Waals surface area contributed by atoms with E-state index in [1.807, 2.05) is 13.2 Å². The summed E-state index contributed by atoms with van der Waals surface area (Å²) >= 11 is 3.53. The highest BCUT2D eigenvalue weighted by molar-refractivity contribution is 7.98. The highest BCUT2D eigenvalue weighted by Crippen LogP contribution is 2.33. The molecule has 7 N–H and O–H groups in total. The van der Waals surface area contributed by atoms with E-state index in [0.717, 1.165) is 94.5 Å². The minimum atomic E-state index is -0.442. The van der Waals surface area contributed by atoms with Crippen molar-refractivity contribution in [3.8, 4) is 0 Å². The summed E-state index contributed by atoms with van der Waals surface area (Å²) in [6, 6.07) is 0.284. The molecule has 15 nitrogen and oxygen atoms in total. The van der Waals surface area contributed by atoms with Crippen LogP contribution in [-0.4, -0.2) is 109 Å². The van der Waals surface area contributed by atoms with E-state index in [1.165, 1.54) is 27.2 Å². The van der Waals surface area contributed by atoms with Gasteiger partial charge in [0.2, 0.25) is 23.6 Å².